The van der Waals surface area contributed by atoms with Crippen molar-refractivity contribution in [1.29, 1.82) is 0 Å². The van der Waals surface area contributed by atoms with Gasteiger partial charge in [-0.25, -0.2) is 0 Å². The Morgan fingerprint density at radius 3 is 2.95 bits per heavy atom. The van der Waals surface area contributed by atoms with Crippen LogP contribution in [0.4, 0.5) is 0 Å². The average molecular weight is 289 g/mol. The molecule has 1 fully saturated rings. The van der Waals surface area contributed by atoms with E-state index in [0.717, 1.165) is 27.8 Å². The fourth-order valence-electron chi connectivity index (χ4n) is 2.40. The van der Waals surface area contributed by atoms with Gasteiger partial charge in [-0.1, -0.05) is 25.1 Å². The molecule has 1 saturated heterocycles. The van der Waals surface area contributed by atoms with Crippen LogP contribution in [0.15, 0.2) is 36.7 Å². The Bertz CT molecular complexity index is 609. The van der Waals surface area contributed by atoms with Crippen LogP contribution in [0.1, 0.15) is 17.3 Å². The van der Waals surface area contributed by atoms with E-state index in [1.54, 1.807) is 24.2 Å². The lowest BCUT2D eigenvalue weighted by Gasteiger charge is -2.26. The van der Waals surface area contributed by atoms with Crippen molar-refractivity contribution in [3.05, 3.63) is 42.2 Å². The molecule has 2 unspecified atom stereocenters. The van der Waals surface area contributed by atoms with Crippen LogP contribution in [0.2, 0.25) is 0 Å². The van der Waals surface area contributed by atoms with E-state index in [2.05, 4.69) is 11.9 Å². The second-order valence-electron chi connectivity index (χ2n) is 4.63. The molecule has 2 aromatic rings. The fourth-order valence-corrected chi connectivity index (χ4v) is 5.12. The summed E-state index contributed by atoms with van der Waals surface area (Å²) in [6.45, 7) is 2.16. The van der Waals surface area contributed by atoms with Crippen LogP contribution in [0.3, 0.4) is 0 Å². The minimum atomic E-state index is 0.0737. The van der Waals surface area contributed by atoms with Crippen molar-refractivity contribution >= 4 is 40.1 Å². The number of pyridine rings is 1. The van der Waals surface area contributed by atoms with Gasteiger partial charge in [0.05, 0.1) is 5.25 Å². The van der Waals surface area contributed by atoms with Crippen molar-refractivity contribution in [3.63, 3.8) is 0 Å². The van der Waals surface area contributed by atoms with Crippen LogP contribution in [-0.4, -0.2) is 32.8 Å². The largest absolute Gasteiger partial charge is 0.293 e. The first-order valence-corrected chi connectivity index (χ1v) is 8.47. The first-order valence-electron chi connectivity index (χ1n) is 6.37. The minimum Gasteiger partial charge on any atom is -0.293 e. The van der Waals surface area contributed by atoms with Crippen molar-refractivity contribution in [2.45, 2.75) is 17.4 Å². The fraction of sp³-hybridized carbons (Fsp3) is 0.333. The normalized spacial score (nSPS) is 23.4. The van der Waals surface area contributed by atoms with Gasteiger partial charge < -0.3 is 0 Å². The van der Waals surface area contributed by atoms with Crippen molar-refractivity contribution < 1.29 is 4.79 Å². The highest BCUT2D eigenvalue weighted by Crippen LogP contribution is 2.34. The number of hydrogen-bond donors (Lipinski definition) is 0. The van der Waals surface area contributed by atoms with E-state index >= 15 is 0 Å². The maximum atomic E-state index is 12.8. The Morgan fingerprint density at radius 1 is 1.26 bits per heavy atom. The molecule has 19 heavy (non-hydrogen) atoms. The predicted octanol–water partition coefficient (Wildman–Crippen LogP) is 3.65. The Morgan fingerprint density at radius 2 is 2.11 bits per heavy atom. The van der Waals surface area contributed by atoms with Gasteiger partial charge in [0, 0.05) is 40.1 Å². The second-order valence-corrected chi connectivity index (χ2v) is 7.37. The van der Waals surface area contributed by atoms with Crippen LogP contribution in [0.25, 0.3) is 10.8 Å². The number of aromatic nitrogens is 1. The van der Waals surface area contributed by atoms with E-state index in [4.69, 9.17) is 0 Å². The molecule has 0 spiro atoms. The van der Waals surface area contributed by atoms with Gasteiger partial charge in [0.2, 0.25) is 0 Å². The van der Waals surface area contributed by atoms with Gasteiger partial charge in [-0.15, -0.1) is 11.8 Å². The highest BCUT2D eigenvalue weighted by molar-refractivity contribution is 8.07. The molecule has 0 radical (unpaired) electrons. The van der Waals surface area contributed by atoms with Crippen LogP contribution < -0.4 is 0 Å². The summed E-state index contributed by atoms with van der Waals surface area (Å²) in [6, 6.07) is 7.87. The molecule has 3 rings (SSSR count). The lowest BCUT2D eigenvalue weighted by Crippen LogP contribution is -2.31. The summed E-state index contributed by atoms with van der Waals surface area (Å²) in [5.41, 5.74) is 0.817. The minimum absolute atomic E-state index is 0.0737. The molecule has 4 heteroatoms. The number of rotatable bonds is 2. The molecule has 98 valence electrons. The van der Waals surface area contributed by atoms with Crippen LogP contribution in [0, 0.1) is 0 Å². The number of thioether (sulfide) groups is 2. The lowest BCUT2D eigenvalue weighted by molar-refractivity contribution is 0.0991. The zero-order chi connectivity index (χ0) is 13.2. The van der Waals surface area contributed by atoms with E-state index in [-0.39, 0.29) is 11.0 Å². The summed E-state index contributed by atoms with van der Waals surface area (Å²) >= 11 is 3.69. The monoisotopic (exact) mass is 289 g/mol. The quantitative estimate of drug-likeness (QED) is 0.789. The molecular weight excluding hydrogens is 274 g/mol. The summed E-state index contributed by atoms with van der Waals surface area (Å²) < 4.78 is 0. The molecule has 2 heterocycles. The third-order valence-electron chi connectivity index (χ3n) is 3.40. The van der Waals surface area contributed by atoms with Crippen molar-refractivity contribution in [3.8, 4) is 0 Å². The average Bonchev–Trinajstić information content (AvgIpc) is 2.46. The Hall–Kier alpha value is -1.00. The van der Waals surface area contributed by atoms with Gasteiger partial charge in [-0.3, -0.25) is 9.78 Å². The molecule has 2 atom stereocenters. The highest BCUT2D eigenvalue weighted by Gasteiger charge is 2.30. The van der Waals surface area contributed by atoms with Crippen LogP contribution in [0.5, 0.6) is 0 Å². The van der Waals surface area contributed by atoms with Crippen molar-refractivity contribution in [1.82, 2.24) is 4.98 Å². The summed E-state index contributed by atoms with van der Waals surface area (Å²) in [6.07, 6.45) is 3.57. The van der Waals surface area contributed by atoms with Gasteiger partial charge in [-0.2, -0.15) is 11.8 Å². The Kier molecular flexibility index (Phi) is 3.80. The summed E-state index contributed by atoms with van der Waals surface area (Å²) in [5.74, 6) is 2.46. The summed E-state index contributed by atoms with van der Waals surface area (Å²) in [4.78, 5) is 16.9. The van der Waals surface area contributed by atoms with E-state index in [9.17, 15) is 4.79 Å². The molecule has 0 aliphatic carbocycles. The van der Waals surface area contributed by atoms with Crippen LogP contribution in [-0.2, 0) is 0 Å². The Labute approximate surface area is 121 Å². The van der Waals surface area contributed by atoms with Gasteiger partial charge >= 0.3 is 0 Å². The molecule has 0 N–H and O–H groups in total. The number of benzene rings is 1. The number of hydrogen-bond acceptors (Lipinski definition) is 4. The Balaban J connectivity index is 2.01. The molecule has 1 aliphatic heterocycles. The van der Waals surface area contributed by atoms with Crippen LogP contribution >= 0.6 is 23.5 Å². The molecular formula is C15H15NOS2. The van der Waals surface area contributed by atoms with E-state index in [1.165, 1.54) is 0 Å². The number of carbonyl (C=O) groups excluding carboxylic acids is 1. The van der Waals surface area contributed by atoms with Gasteiger partial charge in [-0.05, 0) is 11.5 Å². The molecule has 0 saturated carbocycles. The van der Waals surface area contributed by atoms with Gasteiger partial charge in [0.25, 0.3) is 0 Å². The maximum absolute atomic E-state index is 12.8. The smallest absolute Gasteiger partial charge is 0.177 e. The van der Waals surface area contributed by atoms with E-state index in [1.807, 2.05) is 36.0 Å². The van der Waals surface area contributed by atoms with E-state index in [0.29, 0.717) is 5.25 Å². The van der Waals surface area contributed by atoms with Gasteiger partial charge in [0.1, 0.15) is 0 Å². The summed E-state index contributed by atoms with van der Waals surface area (Å²) in [5, 5.41) is 2.52. The van der Waals surface area contributed by atoms with E-state index < -0.39 is 0 Å². The third-order valence-corrected chi connectivity index (χ3v) is 6.49. The number of ketones is 1. The van der Waals surface area contributed by atoms with Gasteiger partial charge in [0.15, 0.2) is 5.78 Å². The zero-order valence-corrected chi connectivity index (χ0v) is 12.3. The number of carbonyl (C=O) groups is 1. The molecule has 0 bridgehead atoms. The molecule has 1 aliphatic rings. The molecule has 1 aromatic heterocycles. The molecule has 1 aromatic carbocycles. The number of fused-ring (bicyclic) bond motifs is 1. The first-order chi connectivity index (χ1) is 9.27. The zero-order valence-electron chi connectivity index (χ0n) is 10.7. The first kappa shape index (κ1) is 13.0. The number of nitrogens with zero attached hydrogens (tertiary/aromatic N) is 1. The van der Waals surface area contributed by atoms with Crippen molar-refractivity contribution in [2.24, 2.45) is 0 Å². The maximum Gasteiger partial charge on any atom is 0.177 e. The standard InChI is InChI=1S/C15H15NOS2/c1-10-15(19-8-7-18-10)14(17)12-4-2-3-11-5-6-16-9-13(11)12/h2-6,9-10,15H,7-8H2,1H3. The SMILES string of the molecule is CC1SCCSC1C(=O)c1cccc2ccncc12. The molecule has 0 amide bonds. The summed E-state index contributed by atoms with van der Waals surface area (Å²) in [7, 11) is 0. The topological polar surface area (TPSA) is 30.0 Å². The second kappa shape index (κ2) is 5.55. The van der Waals surface area contributed by atoms with Crippen molar-refractivity contribution in [2.75, 3.05) is 11.5 Å². The molecule has 2 nitrogen and oxygen atoms in total. The number of Topliss-reactive ketones (excluding diaryl/α,β-unsaturated/α-hetero) is 1. The third kappa shape index (κ3) is 2.51. The lowest BCUT2D eigenvalue weighted by atomic mass is 10.0. The highest BCUT2D eigenvalue weighted by atomic mass is 32.2. The predicted molar refractivity (Wildman–Crippen MR) is 84.2 cm³/mol.